The molecule has 1 aliphatic carbocycles. The molecule has 32 heavy (non-hydrogen) atoms. The van der Waals surface area contributed by atoms with Crippen LogP contribution in [-0.2, 0) is 17.8 Å². The number of nitrogen functional groups attached to an aromatic ring is 1. The topological polar surface area (TPSA) is 128 Å². The van der Waals surface area contributed by atoms with Crippen LogP contribution in [0.15, 0.2) is 36.5 Å². The smallest absolute Gasteiger partial charge is 0.223 e. The molecule has 1 saturated carbocycles. The van der Waals surface area contributed by atoms with Gasteiger partial charge < -0.3 is 21.1 Å². The number of nitrogens with one attached hydrogen (secondary N) is 3. The fourth-order valence-electron chi connectivity index (χ4n) is 3.82. The molecular formula is C24H26FN5O2. The third-order valence-corrected chi connectivity index (χ3v) is 5.97. The number of halogens is 1. The number of benzene rings is 2. The summed E-state index contributed by atoms with van der Waals surface area (Å²) in [6.45, 7) is 2.23. The number of carbonyl (C=O) groups excluding carboxylic acids is 1. The number of imidazole rings is 1. The number of nitrogens with two attached hydrogens (primary N) is 1. The molecule has 6 N–H and O–H groups in total. The van der Waals surface area contributed by atoms with Crippen molar-refractivity contribution < 1.29 is 14.3 Å². The van der Waals surface area contributed by atoms with E-state index in [0.717, 1.165) is 24.8 Å². The Morgan fingerprint density at radius 1 is 1.34 bits per heavy atom. The average molecular weight is 436 g/mol. The fraction of sp³-hybridized carbons (Fsp3) is 0.292. The third kappa shape index (κ3) is 4.21. The van der Waals surface area contributed by atoms with E-state index in [-0.39, 0.29) is 23.3 Å². The lowest BCUT2D eigenvalue weighted by Gasteiger charge is -2.23. The van der Waals surface area contributed by atoms with Crippen molar-refractivity contribution in [3.8, 4) is 16.9 Å². The molecule has 2 aromatic carbocycles. The van der Waals surface area contributed by atoms with E-state index in [9.17, 15) is 14.3 Å². The maximum absolute atomic E-state index is 13.9. The van der Waals surface area contributed by atoms with Crippen molar-refractivity contribution >= 4 is 17.3 Å². The first-order chi connectivity index (χ1) is 15.4. The first-order valence-electron chi connectivity index (χ1n) is 10.7. The van der Waals surface area contributed by atoms with E-state index in [0.29, 0.717) is 46.9 Å². The quantitative estimate of drug-likeness (QED) is 0.285. The number of aryl methyl sites for hydroxylation is 1. The van der Waals surface area contributed by atoms with Gasteiger partial charge in [-0.05, 0) is 54.2 Å². The molecule has 0 radical (unpaired) electrons. The predicted molar refractivity (Wildman–Crippen MR) is 121 cm³/mol. The summed E-state index contributed by atoms with van der Waals surface area (Å²) >= 11 is 0. The van der Waals surface area contributed by atoms with Crippen LogP contribution in [0, 0.1) is 17.1 Å². The van der Waals surface area contributed by atoms with Gasteiger partial charge in [0.2, 0.25) is 5.91 Å². The Balaban J connectivity index is 1.51. The molecule has 1 aromatic heterocycles. The minimum absolute atomic E-state index is 0.0489. The Bertz CT molecular complexity index is 1180. The second-order valence-electron chi connectivity index (χ2n) is 8.08. The number of phenolic OH excluding ortho intramolecular Hbond substituents is 1. The van der Waals surface area contributed by atoms with Crippen molar-refractivity contribution in [2.75, 3.05) is 5.73 Å². The number of aromatic nitrogens is 2. The highest BCUT2D eigenvalue weighted by atomic mass is 19.1. The van der Waals surface area contributed by atoms with Gasteiger partial charge in [0.1, 0.15) is 5.71 Å². The molecule has 0 spiro atoms. The summed E-state index contributed by atoms with van der Waals surface area (Å²) in [7, 11) is 0. The first kappa shape index (κ1) is 21.5. The molecule has 8 heteroatoms. The summed E-state index contributed by atoms with van der Waals surface area (Å²) in [6.07, 6.45) is 5.26. The van der Waals surface area contributed by atoms with Gasteiger partial charge in [0.05, 0.1) is 12.2 Å². The maximum Gasteiger partial charge on any atom is 0.223 e. The lowest BCUT2D eigenvalue weighted by atomic mass is 9.85. The number of amides is 1. The molecule has 1 heterocycles. The molecule has 0 bridgehead atoms. The minimum atomic E-state index is -0.694. The zero-order valence-electron chi connectivity index (χ0n) is 17.8. The van der Waals surface area contributed by atoms with Crippen molar-refractivity contribution in [1.29, 1.82) is 5.41 Å². The van der Waals surface area contributed by atoms with Gasteiger partial charge in [-0.25, -0.2) is 9.37 Å². The monoisotopic (exact) mass is 435 g/mol. The van der Waals surface area contributed by atoms with Crippen LogP contribution in [0.4, 0.5) is 10.1 Å². The highest BCUT2D eigenvalue weighted by Crippen LogP contribution is 2.32. The van der Waals surface area contributed by atoms with Gasteiger partial charge in [-0.1, -0.05) is 25.5 Å². The van der Waals surface area contributed by atoms with Crippen LogP contribution in [0.1, 0.15) is 48.8 Å². The number of aromatic hydroxyl groups is 1. The molecule has 0 saturated heterocycles. The largest absolute Gasteiger partial charge is 0.505 e. The number of carbonyl (C=O) groups is 1. The summed E-state index contributed by atoms with van der Waals surface area (Å²) in [5, 5.41) is 21.0. The van der Waals surface area contributed by atoms with Crippen LogP contribution in [0.25, 0.3) is 11.1 Å². The highest BCUT2D eigenvalue weighted by molar-refractivity contribution is 6.12. The lowest BCUT2D eigenvalue weighted by molar-refractivity contribution is -0.127. The second-order valence-corrected chi connectivity index (χ2v) is 8.08. The Hall–Kier alpha value is -3.68. The molecule has 0 atom stereocenters. The minimum Gasteiger partial charge on any atom is -0.505 e. The van der Waals surface area contributed by atoms with Gasteiger partial charge in [0.25, 0.3) is 0 Å². The second kappa shape index (κ2) is 8.82. The van der Waals surface area contributed by atoms with Gasteiger partial charge >= 0.3 is 0 Å². The molecule has 4 rings (SSSR count). The summed E-state index contributed by atoms with van der Waals surface area (Å²) in [4.78, 5) is 19.4. The Labute approximate surface area is 185 Å². The Morgan fingerprint density at radius 3 is 2.78 bits per heavy atom. The van der Waals surface area contributed by atoms with Crippen LogP contribution in [-0.4, -0.2) is 26.7 Å². The van der Waals surface area contributed by atoms with Crippen molar-refractivity contribution in [3.63, 3.8) is 0 Å². The van der Waals surface area contributed by atoms with E-state index in [2.05, 4.69) is 15.3 Å². The molecule has 3 aromatic rings. The first-order valence-corrected chi connectivity index (χ1v) is 10.7. The number of aromatic amines is 1. The average Bonchev–Trinajstić information content (AvgIpc) is 3.21. The molecule has 1 aliphatic rings. The van der Waals surface area contributed by atoms with Crippen molar-refractivity contribution in [1.82, 2.24) is 15.3 Å². The van der Waals surface area contributed by atoms with Crippen LogP contribution in [0.3, 0.4) is 0 Å². The summed E-state index contributed by atoms with van der Waals surface area (Å²) in [5.41, 5.74) is 10.00. The van der Waals surface area contributed by atoms with E-state index in [4.69, 9.17) is 11.1 Å². The van der Waals surface area contributed by atoms with Crippen molar-refractivity contribution in [2.24, 2.45) is 5.92 Å². The van der Waals surface area contributed by atoms with Crippen LogP contribution < -0.4 is 11.1 Å². The van der Waals surface area contributed by atoms with Crippen molar-refractivity contribution in [3.05, 3.63) is 65.0 Å². The van der Waals surface area contributed by atoms with Gasteiger partial charge in [0.15, 0.2) is 17.4 Å². The fourth-order valence-corrected chi connectivity index (χ4v) is 3.82. The molecule has 1 fully saturated rings. The number of phenols is 1. The zero-order valence-corrected chi connectivity index (χ0v) is 17.8. The molecule has 7 nitrogen and oxygen atoms in total. The van der Waals surface area contributed by atoms with Gasteiger partial charge in [-0.3, -0.25) is 10.2 Å². The molecule has 1 amide bonds. The van der Waals surface area contributed by atoms with Crippen LogP contribution >= 0.6 is 0 Å². The molecule has 0 aliphatic heterocycles. The summed E-state index contributed by atoms with van der Waals surface area (Å²) < 4.78 is 13.9. The highest BCUT2D eigenvalue weighted by Gasteiger charge is 2.25. The Morgan fingerprint density at radius 2 is 2.12 bits per heavy atom. The van der Waals surface area contributed by atoms with Gasteiger partial charge in [0, 0.05) is 23.4 Å². The van der Waals surface area contributed by atoms with E-state index in [1.54, 1.807) is 24.4 Å². The third-order valence-electron chi connectivity index (χ3n) is 5.97. The number of rotatable bonds is 7. The van der Waals surface area contributed by atoms with E-state index in [1.807, 2.05) is 6.92 Å². The number of hydrogen-bond donors (Lipinski definition) is 5. The SMILES string of the molecule is CCc1cc(O)c(F)cc1-c1ccc(C(=N)c2nc(CNC(=O)C3CCC3)c[nH]2)c(N)c1. The van der Waals surface area contributed by atoms with Gasteiger partial charge in [-0.2, -0.15) is 0 Å². The standard InChI is InChI=1S/C24H26FN5O2/c1-2-13-9-21(31)19(25)10-18(13)15-6-7-17(20(26)8-15)22(27)23-28-11-16(30-23)12-29-24(32)14-4-3-5-14/h6-11,14,27,31H,2-5,12,26H2,1H3,(H,28,30)(H,29,32). The van der Waals surface area contributed by atoms with E-state index in [1.165, 1.54) is 12.1 Å². The lowest BCUT2D eigenvalue weighted by Crippen LogP contribution is -2.34. The van der Waals surface area contributed by atoms with Gasteiger partial charge in [-0.15, -0.1) is 0 Å². The summed E-state index contributed by atoms with van der Waals surface area (Å²) in [6, 6.07) is 7.89. The normalized spacial score (nSPS) is 13.6. The van der Waals surface area contributed by atoms with E-state index >= 15 is 0 Å². The number of hydrogen-bond acceptors (Lipinski definition) is 5. The predicted octanol–water partition coefficient (Wildman–Crippen LogP) is 3.90. The zero-order chi connectivity index (χ0) is 22.8. The number of H-pyrrole nitrogens is 1. The van der Waals surface area contributed by atoms with E-state index < -0.39 is 5.82 Å². The van der Waals surface area contributed by atoms with Crippen LogP contribution in [0.2, 0.25) is 0 Å². The van der Waals surface area contributed by atoms with Crippen molar-refractivity contribution in [2.45, 2.75) is 39.2 Å². The summed E-state index contributed by atoms with van der Waals surface area (Å²) in [5.74, 6) is -0.565. The molecular weight excluding hydrogens is 409 g/mol. The number of anilines is 1. The van der Waals surface area contributed by atoms with Crippen LogP contribution in [0.5, 0.6) is 5.75 Å². The Kier molecular flexibility index (Phi) is 5.94. The number of nitrogens with zero attached hydrogens (tertiary/aromatic N) is 1. The molecule has 0 unspecified atom stereocenters. The maximum atomic E-state index is 13.9. The molecule has 166 valence electrons.